The first-order chi connectivity index (χ1) is 6.22. The molecule has 0 amide bonds. The summed E-state index contributed by atoms with van der Waals surface area (Å²) in [7, 11) is 0. The first kappa shape index (κ1) is 9.38. The fourth-order valence-corrected chi connectivity index (χ4v) is 2.28. The molecule has 0 aromatic heterocycles. The summed E-state index contributed by atoms with van der Waals surface area (Å²) in [5, 5.41) is 1.39. The van der Waals surface area contributed by atoms with Gasteiger partial charge >= 0.3 is 0 Å². The second-order valence-electron chi connectivity index (χ2n) is 3.19. The van der Waals surface area contributed by atoms with Crippen molar-refractivity contribution in [3.63, 3.8) is 0 Å². The third-order valence-corrected chi connectivity index (χ3v) is 2.99. The quantitative estimate of drug-likeness (QED) is 0.743. The summed E-state index contributed by atoms with van der Waals surface area (Å²) in [6, 6.07) is 3.54. The van der Waals surface area contributed by atoms with Gasteiger partial charge in [0.05, 0.1) is 5.69 Å². The maximum Gasteiger partial charge on any atom is 0.0799 e. The number of benzene rings is 1. The largest absolute Gasteiger partial charge is 0.182 e. The van der Waals surface area contributed by atoms with Crippen LogP contribution in [0.15, 0.2) is 16.5 Å². The molecule has 13 heavy (non-hydrogen) atoms. The predicted octanol–water partition coefficient (Wildman–Crippen LogP) is 4.23. The van der Waals surface area contributed by atoms with Crippen LogP contribution in [0.1, 0.15) is 24.3 Å². The zero-order chi connectivity index (χ0) is 9.42. The Morgan fingerprint density at radius 1 is 1.23 bits per heavy atom. The molecule has 0 radical (unpaired) electrons. The van der Waals surface area contributed by atoms with E-state index in [2.05, 4.69) is 16.8 Å². The maximum absolute atomic E-state index is 6.06. The summed E-state index contributed by atoms with van der Waals surface area (Å²) in [4.78, 5) is 0. The molecule has 1 aromatic rings. The van der Waals surface area contributed by atoms with Crippen LogP contribution < -0.4 is 0 Å². The Kier molecular flexibility index (Phi) is 2.54. The third kappa shape index (κ3) is 1.85. The molecule has 2 rings (SSSR count). The van der Waals surface area contributed by atoms with Crippen molar-refractivity contribution in [2.24, 2.45) is 4.36 Å². The van der Waals surface area contributed by atoms with Gasteiger partial charge < -0.3 is 0 Å². The van der Waals surface area contributed by atoms with Gasteiger partial charge in [-0.3, -0.25) is 0 Å². The van der Waals surface area contributed by atoms with Crippen LogP contribution in [-0.2, 0) is 12.4 Å². The summed E-state index contributed by atoms with van der Waals surface area (Å²) in [5.41, 5.74) is 1.72. The Hall–Kier alpha value is -0.180. The molecule has 0 heterocycles. The number of nitrogens with zero attached hydrogens (tertiary/aromatic N) is 1. The highest BCUT2D eigenvalue weighted by Crippen LogP contribution is 2.47. The van der Waals surface area contributed by atoms with E-state index < -0.39 is 0 Å². The Morgan fingerprint density at radius 2 is 1.77 bits per heavy atom. The van der Waals surface area contributed by atoms with E-state index in [4.69, 9.17) is 23.2 Å². The average Bonchev–Trinajstić information content (AvgIpc) is 2.87. The number of hydrogen-bond donors (Lipinski definition) is 0. The van der Waals surface area contributed by atoms with Crippen LogP contribution in [0.2, 0.25) is 10.0 Å². The van der Waals surface area contributed by atoms with E-state index in [0.29, 0.717) is 21.7 Å². The van der Waals surface area contributed by atoms with Gasteiger partial charge in [-0.25, -0.2) is 0 Å². The number of hydrogen-bond acceptors (Lipinski definition) is 2. The molecule has 0 bridgehead atoms. The Morgan fingerprint density at radius 3 is 2.15 bits per heavy atom. The van der Waals surface area contributed by atoms with Crippen LogP contribution in [0, 0.1) is 0 Å². The third-order valence-electron chi connectivity index (χ3n) is 2.15. The molecular weight excluding hydrogens is 225 g/mol. The molecule has 1 aliphatic rings. The highest BCUT2D eigenvalue weighted by molar-refractivity contribution is 7.47. The molecule has 68 valence electrons. The van der Waals surface area contributed by atoms with E-state index in [1.165, 1.54) is 12.8 Å². The lowest BCUT2D eigenvalue weighted by Crippen LogP contribution is -1.83. The van der Waals surface area contributed by atoms with Crippen LogP contribution in [0.4, 0.5) is 5.69 Å². The highest BCUT2D eigenvalue weighted by atomic mass is 35.5. The van der Waals surface area contributed by atoms with Crippen molar-refractivity contribution in [3.05, 3.63) is 27.7 Å². The molecule has 0 spiro atoms. The summed E-state index contributed by atoms with van der Waals surface area (Å²) in [5.74, 6) is 0.555. The standard InChI is InChI=1S/C9H7Cl2NS/c10-7-3-6(12-13)4-8(11)9(7)5-1-2-5/h3-5H,1-2H2. The minimum Gasteiger partial charge on any atom is -0.182 e. The minimum atomic E-state index is 0.555. The predicted molar refractivity (Wildman–Crippen MR) is 57.9 cm³/mol. The molecule has 1 fully saturated rings. The molecular formula is C9H7Cl2NS. The van der Waals surface area contributed by atoms with E-state index >= 15 is 0 Å². The van der Waals surface area contributed by atoms with E-state index in [1.54, 1.807) is 12.1 Å². The molecule has 0 aliphatic heterocycles. The Balaban J connectivity index is 2.50. The fraction of sp³-hybridized carbons (Fsp3) is 0.333. The molecule has 0 atom stereocenters. The summed E-state index contributed by atoms with van der Waals surface area (Å²) in [6.45, 7) is 0. The van der Waals surface area contributed by atoms with Gasteiger partial charge in [0.1, 0.15) is 0 Å². The topological polar surface area (TPSA) is 12.4 Å². The Labute approximate surface area is 92.2 Å². The van der Waals surface area contributed by atoms with Gasteiger partial charge in [0.15, 0.2) is 0 Å². The van der Waals surface area contributed by atoms with Gasteiger partial charge in [0, 0.05) is 22.5 Å². The van der Waals surface area contributed by atoms with E-state index in [9.17, 15) is 0 Å². The van der Waals surface area contributed by atoms with Crippen LogP contribution in [0.3, 0.4) is 0 Å². The maximum atomic E-state index is 6.06. The number of rotatable bonds is 2. The molecule has 0 saturated heterocycles. The van der Waals surface area contributed by atoms with Gasteiger partial charge in [-0.2, -0.15) is 4.36 Å². The van der Waals surface area contributed by atoms with Crippen LogP contribution >= 0.6 is 23.2 Å². The highest BCUT2D eigenvalue weighted by Gasteiger charge is 2.28. The van der Waals surface area contributed by atoms with Crippen molar-refractivity contribution in [1.82, 2.24) is 0 Å². The average molecular weight is 232 g/mol. The lowest BCUT2D eigenvalue weighted by atomic mass is 10.1. The van der Waals surface area contributed by atoms with Crippen molar-refractivity contribution in [3.8, 4) is 0 Å². The van der Waals surface area contributed by atoms with E-state index in [0.717, 1.165) is 5.56 Å². The monoisotopic (exact) mass is 231 g/mol. The van der Waals surface area contributed by atoms with E-state index in [-0.39, 0.29) is 0 Å². The zero-order valence-corrected chi connectivity index (χ0v) is 9.09. The Bertz CT molecular complexity index is 338. The molecule has 0 N–H and O–H groups in total. The molecule has 0 unspecified atom stereocenters. The normalized spacial score (nSPS) is 15.8. The smallest absolute Gasteiger partial charge is 0.0799 e. The minimum absolute atomic E-state index is 0.555. The summed E-state index contributed by atoms with van der Waals surface area (Å²) < 4.78 is 3.63. The zero-order valence-electron chi connectivity index (χ0n) is 6.76. The van der Waals surface area contributed by atoms with Crippen molar-refractivity contribution in [2.45, 2.75) is 18.8 Å². The first-order valence-electron chi connectivity index (χ1n) is 4.04. The molecule has 1 aliphatic carbocycles. The van der Waals surface area contributed by atoms with Crippen molar-refractivity contribution in [1.29, 1.82) is 0 Å². The van der Waals surface area contributed by atoms with Crippen LogP contribution in [0.25, 0.3) is 0 Å². The van der Waals surface area contributed by atoms with Crippen LogP contribution in [0.5, 0.6) is 0 Å². The molecule has 1 aromatic carbocycles. The lowest BCUT2D eigenvalue weighted by molar-refractivity contribution is 1.13. The van der Waals surface area contributed by atoms with Gasteiger partial charge in [-0.05, 0) is 36.5 Å². The lowest BCUT2D eigenvalue weighted by Gasteiger charge is -2.05. The van der Waals surface area contributed by atoms with Gasteiger partial charge in [0.25, 0.3) is 0 Å². The molecule has 1 nitrogen and oxygen atoms in total. The molecule has 4 heteroatoms. The van der Waals surface area contributed by atoms with Crippen molar-refractivity contribution in [2.75, 3.05) is 0 Å². The second kappa shape index (κ2) is 3.52. The fourth-order valence-electron chi connectivity index (χ4n) is 1.39. The summed E-state index contributed by atoms with van der Waals surface area (Å²) >= 11 is 16.7. The van der Waals surface area contributed by atoms with Gasteiger partial charge in [-0.1, -0.05) is 23.2 Å². The van der Waals surface area contributed by atoms with Crippen LogP contribution in [-0.4, -0.2) is 0 Å². The molecule has 1 saturated carbocycles. The number of halogens is 2. The second-order valence-corrected chi connectivity index (χ2v) is 4.19. The van der Waals surface area contributed by atoms with Gasteiger partial charge in [0.2, 0.25) is 0 Å². The van der Waals surface area contributed by atoms with Crippen molar-refractivity contribution < 1.29 is 0 Å². The van der Waals surface area contributed by atoms with Crippen molar-refractivity contribution >= 4 is 41.3 Å². The first-order valence-corrected chi connectivity index (χ1v) is 5.17. The van der Waals surface area contributed by atoms with E-state index in [1.807, 2.05) is 0 Å². The van der Waals surface area contributed by atoms with Gasteiger partial charge in [-0.15, -0.1) is 0 Å². The summed E-state index contributed by atoms with van der Waals surface area (Å²) in [6.07, 6.45) is 2.37. The SMILES string of the molecule is S=Nc1cc(Cl)c(C2CC2)c(Cl)c1.